The van der Waals surface area contributed by atoms with Gasteiger partial charge in [-0.3, -0.25) is 4.90 Å². The number of aryl methyl sites for hydroxylation is 1. The Morgan fingerprint density at radius 1 is 0.970 bits per heavy atom. The number of anilines is 2. The van der Waals surface area contributed by atoms with Gasteiger partial charge in [0.05, 0.1) is 6.61 Å². The second kappa shape index (κ2) is 15.1. The van der Waals surface area contributed by atoms with Gasteiger partial charge in [-0.25, -0.2) is 4.79 Å². The molecule has 0 fully saturated rings. The Bertz CT molecular complexity index is 818. The number of amides is 2. The van der Waals surface area contributed by atoms with Gasteiger partial charge < -0.3 is 15.0 Å². The van der Waals surface area contributed by atoms with Gasteiger partial charge in [-0.15, -0.1) is 6.58 Å². The van der Waals surface area contributed by atoms with E-state index in [1.54, 1.807) is 11.9 Å². The van der Waals surface area contributed by atoms with Gasteiger partial charge in [0.15, 0.2) is 0 Å². The molecule has 0 bridgehead atoms. The molecule has 0 spiro atoms. The van der Waals surface area contributed by atoms with Crippen LogP contribution in [0.1, 0.15) is 51.0 Å². The molecule has 180 valence electrons. The van der Waals surface area contributed by atoms with Crippen molar-refractivity contribution in [1.82, 2.24) is 4.90 Å². The number of rotatable bonds is 15. The Kier molecular flexibility index (Phi) is 12.1. The van der Waals surface area contributed by atoms with Crippen LogP contribution in [0, 0.1) is 0 Å². The zero-order chi connectivity index (χ0) is 23.9. The third-order valence-corrected chi connectivity index (χ3v) is 5.70. The number of carbonyl (C=O) groups excluding carboxylic acids is 1. The van der Waals surface area contributed by atoms with Crippen LogP contribution in [0.5, 0.6) is 5.75 Å². The van der Waals surface area contributed by atoms with Gasteiger partial charge >= 0.3 is 6.03 Å². The van der Waals surface area contributed by atoms with E-state index in [1.807, 2.05) is 42.5 Å². The Labute approximate surface area is 200 Å². The topological polar surface area (TPSA) is 44.8 Å². The molecular formula is C28H41N3O2. The van der Waals surface area contributed by atoms with E-state index < -0.39 is 0 Å². The molecule has 33 heavy (non-hydrogen) atoms. The van der Waals surface area contributed by atoms with E-state index in [0.29, 0.717) is 6.61 Å². The smallest absolute Gasteiger partial charge is 0.326 e. The Morgan fingerprint density at radius 2 is 1.67 bits per heavy atom. The summed E-state index contributed by atoms with van der Waals surface area (Å²) in [6.45, 7) is 8.73. The van der Waals surface area contributed by atoms with Crippen molar-refractivity contribution in [2.75, 3.05) is 44.0 Å². The third kappa shape index (κ3) is 10.1. The molecule has 2 amide bonds. The van der Waals surface area contributed by atoms with Crippen molar-refractivity contribution in [2.45, 2.75) is 51.9 Å². The molecule has 2 rings (SSSR count). The number of benzene rings is 2. The van der Waals surface area contributed by atoms with Crippen molar-refractivity contribution in [3.8, 4) is 5.75 Å². The summed E-state index contributed by atoms with van der Waals surface area (Å²) >= 11 is 0. The van der Waals surface area contributed by atoms with Crippen LogP contribution in [-0.4, -0.2) is 44.7 Å². The van der Waals surface area contributed by atoms with E-state index in [4.69, 9.17) is 4.74 Å². The summed E-state index contributed by atoms with van der Waals surface area (Å²) in [5.41, 5.74) is 2.93. The maximum absolute atomic E-state index is 12.6. The molecule has 5 heteroatoms. The predicted octanol–water partition coefficient (Wildman–Crippen LogP) is 6.75. The number of ether oxygens (including phenoxy) is 1. The molecule has 0 aromatic heterocycles. The maximum Gasteiger partial charge on any atom is 0.326 e. The van der Waals surface area contributed by atoms with Crippen LogP contribution in [0.3, 0.4) is 0 Å². The molecule has 2 aromatic carbocycles. The van der Waals surface area contributed by atoms with Crippen molar-refractivity contribution in [3.63, 3.8) is 0 Å². The summed E-state index contributed by atoms with van der Waals surface area (Å²) in [6.07, 6.45) is 10.0. The number of nitrogens with one attached hydrogen (secondary N) is 1. The van der Waals surface area contributed by atoms with Crippen LogP contribution in [-0.2, 0) is 6.42 Å². The van der Waals surface area contributed by atoms with Gasteiger partial charge in [0.1, 0.15) is 5.75 Å². The monoisotopic (exact) mass is 451 g/mol. The number of hydrogen-bond acceptors (Lipinski definition) is 3. The highest BCUT2D eigenvalue weighted by Gasteiger charge is 2.11. The van der Waals surface area contributed by atoms with Crippen molar-refractivity contribution >= 4 is 17.4 Å². The average molecular weight is 452 g/mol. The lowest BCUT2D eigenvalue weighted by Crippen LogP contribution is -2.31. The number of carbonyl (C=O) groups is 1. The summed E-state index contributed by atoms with van der Waals surface area (Å²) in [7, 11) is 3.90. The number of nitrogens with zero attached hydrogens (tertiary/aromatic N) is 2. The molecule has 0 heterocycles. The highest BCUT2D eigenvalue weighted by atomic mass is 16.5. The van der Waals surface area contributed by atoms with Crippen LogP contribution in [0.25, 0.3) is 0 Å². The molecule has 0 saturated carbocycles. The molecule has 5 nitrogen and oxygen atoms in total. The van der Waals surface area contributed by atoms with Gasteiger partial charge in [0.25, 0.3) is 0 Å². The molecule has 0 aliphatic carbocycles. The molecule has 0 unspecified atom stereocenters. The summed E-state index contributed by atoms with van der Waals surface area (Å²) in [6, 6.07) is 15.6. The van der Waals surface area contributed by atoms with Gasteiger partial charge in [0, 0.05) is 25.0 Å². The summed E-state index contributed by atoms with van der Waals surface area (Å²) < 4.78 is 5.86. The van der Waals surface area contributed by atoms with Crippen LogP contribution < -0.4 is 15.0 Å². The van der Waals surface area contributed by atoms with Crippen LogP contribution >= 0.6 is 0 Å². The van der Waals surface area contributed by atoms with E-state index >= 15 is 0 Å². The fourth-order valence-electron chi connectivity index (χ4n) is 3.57. The minimum absolute atomic E-state index is 0.163. The Hall–Kier alpha value is -2.79. The number of unbranched alkanes of at least 4 members (excludes halogenated alkanes) is 4. The minimum Gasteiger partial charge on any atom is -0.494 e. The molecule has 0 radical (unpaired) electrons. The summed E-state index contributed by atoms with van der Waals surface area (Å²) in [4.78, 5) is 16.5. The Morgan fingerprint density at radius 3 is 2.33 bits per heavy atom. The van der Waals surface area contributed by atoms with Crippen LogP contribution in [0.4, 0.5) is 16.2 Å². The molecule has 0 atom stereocenters. The number of hydrogen-bond donors (Lipinski definition) is 1. The SMILES string of the molecule is C=CCN(C)CCCCCCOc1ccc(N(C)C(=O)Nc2ccc(CCCC)cc2)cc1. The van der Waals surface area contributed by atoms with E-state index in [-0.39, 0.29) is 6.03 Å². The first-order valence-electron chi connectivity index (χ1n) is 12.2. The lowest BCUT2D eigenvalue weighted by molar-refractivity contribution is 0.258. The number of likely N-dealkylation sites (N-methyl/N-ethyl adjacent to an activating group) is 1. The third-order valence-electron chi connectivity index (χ3n) is 5.70. The van der Waals surface area contributed by atoms with Crippen LogP contribution in [0.2, 0.25) is 0 Å². The van der Waals surface area contributed by atoms with E-state index in [1.165, 1.54) is 37.7 Å². The van der Waals surface area contributed by atoms with Crippen molar-refractivity contribution < 1.29 is 9.53 Å². The van der Waals surface area contributed by atoms with E-state index in [0.717, 1.165) is 43.1 Å². The van der Waals surface area contributed by atoms with Gasteiger partial charge in [0.2, 0.25) is 0 Å². The van der Waals surface area contributed by atoms with Gasteiger partial charge in [-0.2, -0.15) is 0 Å². The lowest BCUT2D eigenvalue weighted by atomic mass is 10.1. The molecule has 2 aromatic rings. The molecule has 0 saturated heterocycles. The van der Waals surface area contributed by atoms with E-state index in [9.17, 15) is 4.79 Å². The standard InChI is InChI=1S/C28H41N3O2/c1-5-7-12-24-13-15-25(16-14-24)29-28(32)31(4)26-17-19-27(20-18-26)33-23-11-9-8-10-22-30(3)21-6-2/h6,13-20H,2,5,7-12,21-23H2,1,3-4H3,(H,29,32). The highest BCUT2D eigenvalue weighted by Crippen LogP contribution is 2.20. The first-order chi connectivity index (χ1) is 16.0. The predicted molar refractivity (Wildman–Crippen MR) is 141 cm³/mol. The first-order valence-corrected chi connectivity index (χ1v) is 12.2. The number of urea groups is 1. The fourth-order valence-corrected chi connectivity index (χ4v) is 3.57. The van der Waals surface area contributed by atoms with Crippen molar-refractivity contribution in [2.24, 2.45) is 0 Å². The molecular weight excluding hydrogens is 410 g/mol. The highest BCUT2D eigenvalue weighted by molar-refractivity contribution is 6.01. The fraction of sp³-hybridized carbons (Fsp3) is 0.464. The minimum atomic E-state index is -0.163. The van der Waals surface area contributed by atoms with Crippen molar-refractivity contribution in [3.05, 3.63) is 66.7 Å². The van der Waals surface area contributed by atoms with Gasteiger partial charge in [-0.05, 0) is 81.2 Å². The maximum atomic E-state index is 12.6. The molecule has 1 N–H and O–H groups in total. The van der Waals surface area contributed by atoms with E-state index in [2.05, 4.69) is 42.9 Å². The summed E-state index contributed by atoms with van der Waals surface area (Å²) in [5.74, 6) is 0.834. The zero-order valence-electron chi connectivity index (χ0n) is 20.7. The lowest BCUT2D eigenvalue weighted by Gasteiger charge is -2.19. The summed E-state index contributed by atoms with van der Waals surface area (Å²) in [5, 5.41) is 2.96. The normalized spacial score (nSPS) is 10.8. The van der Waals surface area contributed by atoms with Crippen molar-refractivity contribution in [1.29, 1.82) is 0 Å². The second-order valence-corrected chi connectivity index (χ2v) is 8.60. The molecule has 0 aliphatic rings. The Balaban J connectivity index is 1.69. The zero-order valence-corrected chi connectivity index (χ0v) is 20.7. The van der Waals surface area contributed by atoms with Crippen LogP contribution in [0.15, 0.2) is 61.2 Å². The quantitative estimate of drug-likeness (QED) is 0.240. The average Bonchev–Trinajstić information content (AvgIpc) is 2.83. The second-order valence-electron chi connectivity index (χ2n) is 8.60. The molecule has 0 aliphatic heterocycles. The van der Waals surface area contributed by atoms with Gasteiger partial charge in [-0.1, -0.05) is 44.4 Å². The first kappa shape index (κ1) is 26.5. The largest absolute Gasteiger partial charge is 0.494 e.